The van der Waals surface area contributed by atoms with Gasteiger partial charge in [-0.2, -0.15) is 0 Å². The number of ether oxygens (including phenoxy) is 1. The standard InChI is InChI=1S/C16H16Cl2O/c1-11(13-7-3-5-9-15(13)17)19-12(2)14-8-4-6-10-16(14)18/h3-12H,1-2H3. The Balaban J connectivity index is 2.13. The smallest absolute Gasteiger partial charge is 0.0819 e. The maximum Gasteiger partial charge on any atom is 0.0819 e. The molecule has 0 bridgehead atoms. The van der Waals surface area contributed by atoms with Crippen molar-refractivity contribution in [1.82, 2.24) is 0 Å². The van der Waals surface area contributed by atoms with Crippen LogP contribution in [0.1, 0.15) is 37.2 Å². The van der Waals surface area contributed by atoms with Gasteiger partial charge >= 0.3 is 0 Å². The Bertz CT molecular complexity index is 504. The second-order valence-corrected chi connectivity index (χ2v) is 5.28. The molecule has 0 aliphatic carbocycles. The van der Waals surface area contributed by atoms with Gasteiger partial charge in [0.05, 0.1) is 12.2 Å². The van der Waals surface area contributed by atoms with E-state index in [9.17, 15) is 0 Å². The summed E-state index contributed by atoms with van der Waals surface area (Å²) in [4.78, 5) is 0. The number of hydrogen-bond donors (Lipinski definition) is 0. The SMILES string of the molecule is CC(OC(C)c1ccccc1Cl)c1ccccc1Cl. The van der Waals surface area contributed by atoms with Gasteiger partial charge in [-0.05, 0) is 37.1 Å². The summed E-state index contributed by atoms with van der Waals surface area (Å²) >= 11 is 12.3. The lowest BCUT2D eigenvalue weighted by Gasteiger charge is -2.21. The zero-order valence-electron chi connectivity index (χ0n) is 10.9. The first-order valence-electron chi connectivity index (χ1n) is 6.24. The number of hydrogen-bond acceptors (Lipinski definition) is 1. The van der Waals surface area contributed by atoms with Crippen LogP contribution in [-0.2, 0) is 4.74 Å². The van der Waals surface area contributed by atoms with Gasteiger partial charge in [0, 0.05) is 10.0 Å². The molecule has 2 unspecified atom stereocenters. The Hall–Kier alpha value is -1.02. The van der Waals surface area contributed by atoms with E-state index < -0.39 is 0 Å². The van der Waals surface area contributed by atoms with Crippen molar-refractivity contribution in [1.29, 1.82) is 0 Å². The number of benzene rings is 2. The molecule has 0 N–H and O–H groups in total. The molecule has 0 spiro atoms. The van der Waals surface area contributed by atoms with Crippen LogP contribution in [0, 0.1) is 0 Å². The molecule has 2 aromatic carbocycles. The molecule has 1 nitrogen and oxygen atoms in total. The molecule has 0 amide bonds. The molecule has 2 atom stereocenters. The molecule has 0 saturated carbocycles. The zero-order chi connectivity index (χ0) is 13.8. The van der Waals surface area contributed by atoms with E-state index in [2.05, 4.69) is 0 Å². The molecule has 0 aromatic heterocycles. The largest absolute Gasteiger partial charge is 0.366 e. The normalized spacial score (nSPS) is 14.1. The Labute approximate surface area is 124 Å². The second kappa shape index (κ2) is 6.42. The highest BCUT2D eigenvalue weighted by molar-refractivity contribution is 6.31. The van der Waals surface area contributed by atoms with Gasteiger partial charge in [0.2, 0.25) is 0 Å². The summed E-state index contributed by atoms with van der Waals surface area (Å²) in [7, 11) is 0. The van der Waals surface area contributed by atoms with E-state index in [-0.39, 0.29) is 12.2 Å². The van der Waals surface area contributed by atoms with Crippen LogP contribution >= 0.6 is 23.2 Å². The molecule has 100 valence electrons. The van der Waals surface area contributed by atoms with Crippen molar-refractivity contribution < 1.29 is 4.74 Å². The lowest BCUT2D eigenvalue weighted by Crippen LogP contribution is -2.06. The molecule has 3 heteroatoms. The maximum absolute atomic E-state index is 6.17. The van der Waals surface area contributed by atoms with E-state index in [1.807, 2.05) is 62.4 Å². The summed E-state index contributed by atoms with van der Waals surface area (Å²) in [5, 5.41) is 1.45. The molecule has 0 fully saturated rings. The molecule has 19 heavy (non-hydrogen) atoms. The third kappa shape index (κ3) is 3.50. The molecule has 0 aliphatic heterocycles. The van der Waals surface area contributed by atoms with Gasteiger partial charge < -0.3 is 4.74 Å². The number of halogens is 2. The van der Waals surface area contributed by atoms with Crippen LogP contribution in [0.2, 0.25) is 10.0 Å². The van der Waals surface area contributed by atoms with Gasteiger partial charge in [-0.1, -0.05) is 59.6 Å². The van der Waals surface area contributed by atoms with Gasteiger partial charge in [-0.3, -0.25) is 0 Å². The molecular formula is C16H16Cl2O. The fraction of sp³-hybridized carbons (Fsp3) is 0.250. The van der Waals surface area contributed by atoms with Crippen LogP contribution in [0.15, 0.2) is 48.5 Å². The predicted octanol–water partition coefficient (Wildman–Crippen LogP) is 5.83. The molecule has 0 radical (unpaired) electrons. The van der Waals surface area contributed by atoms with E-state index in [0.717, 1.165) is 21.2 Å². The predicted molar refractivity (Wildman–Crippen MR) is 80.8 cm³/mol. The summed E-state index contributed by atoms with van der Waals surface area (Å²) < 4.78 is 6.02. The highest BCUT2D eigenvalue weighted by Gasteiger charge is 2.16. The molecule has 0 heterocycles. The van der Waals surface area contributed by atoms with Crippen molar-refractivity contribution in [3.05, 3.63) is 69.7 Å². The van der Waals surface area contributed by atoms with Gasteiger partial charge in [-0.25, -0.2) is 0 Å². The lowest BCUT2D eigenvalue weighted by molar-refractivity contribution is 0.00598. The summed E-state index contributed by atoms with van der Waals surface area (Å²) in [6.45, 7) is 3.99. The van der Waals surface area contributed by atoms with Crippen molar-refractivity contribution in [3.63, 3.8) is 0 Å². The fourth-order valence-corrected chi connectivity index (χ4v) is 2.64. The average Bonchev–Trinajstić information content (AvgIpc) is 2.39. The Morgan fingerprint density at radius 1 is 0.737 bits per heavy atom. The Kier molecular flexibility index (Phi) is 4.87. The average molecular weight is 295 g/mol. The quantitative estimate of drug-likeness (QED) is 0.689. The van der Waals surface area contributed by atoms with Gasteiger partial charge in [0.1, 0.15) is 0 Å². The molecule has 2 aromatic rings. The first-order chi connectivity index (χ1) is 9.09. The van der Waals surface area contributed by atoms with Crippen LogP contribution in [-0.4, -0.2) is 0 Å². The van der Waals surface area contributed by atoms with Crippen LogP contribution in [0.25, 0.3) is 0 Å². The second-order valence-electron chi connectivity index (χ2n) is 4.46. The first-order valence-corrected chi connectivity index (χ1v) is 6.99. The van der Waals surface area contributed by atoms with E-state index >= 15 is 0 Å². The van der Waals surface area contributed by atoms with Crippen LogP contribution in [0.5, 0.6) is 0 Å². The van der Waals surface area contributed by atoms with Crippen molar-refractivity contribution >= 4 is 23.2 Å². The monoisotopic (exact) mass is 294 g/mol. The van der Waals surface area contributed by atoms with Gasteiger partial charge in [0.15, 0.2) is 0 Å². The minimum atomic E-state index is -0.0834. The summed E-state index contributed by atoms with van der Waals surface area (Å²) in [5.74, 6) is 0. The van der Waals surface area contributed by atoms with Crippen molar-refractivity contribution in [3.8, 4) is 0 Å². The number of rotatable bonds is 4. The van der Waals surface area contributed by atoms with Crippen LogP contribution < -0.4 is 0 Å². The lowest BCUT2D eigenvalue weighted by atomic mass is 10.1. The highest BCUT2D eigenvalue weighted by Crippen LogP contribution is 2.32. The van der Waals surface area contributed by atoms with Crippen LogP contribution in [0.4, 0.5) is 0 Å². The Morgan fingerprint density at radius 2 is 1.11 bits per heavy atom. The van der Waals surface area contributed by atoms with Crippen molar-refractivity contribution in [2.24, 2.45) is 0 Å². The van der Waals surface area contributed by atoms with E-state index in [4.69, 9.17) is 27.9 Å². The summed E-state index contributed by atoms with van der Waals surface area (Å²) in [6.07, 6.45) is -0.167. The van der Waals surface area contributed by atoms with Crippen LogP contribution in [0.3, 0.4) is 0 Å². The zero-order valence-corrected chi connectivity index (χ0v) is 12.4. The first kappa shape index (κ1) is 14.4. The third-order valence-electron chi connectivity index (χ3n) is 3.09. The third-order valence-corrected chi connectivity index (χ3v) is 3.78. The maximum atomic E-state index is 6.17. The summed E-state index contributed by atoms with van der Waals surface area (Å²) in [5.41, 5.74) is 1.98. The van der Waals surface area contributed by atoms with Crippen molar-refractivity contribution in [2.75, 3.05) is 0 Å². The van der Waals surface area contributed by atoms with Gasteiger partial charge in [-0.15, -0.1) is 0 Å². The summed E-state index contributed by atoms with van der Waals surface area (Å²) in [6, 6.07) is 15.4. The van der Waals surface area contributed by atoms with Crippen molar-refractivity contribution in [2.45, 2.75) is 26.1 Å². The van der Waals surface area contributed by atoms with E-state index in [1.54, 1.807) is 0 Å². The van der Waals surface area contributed by atoms with Gasteiger partial charge in [0.25, 0.3) is 0 Å². The molecule has 0 saturated heterocycles. The Morgan fingerprint density at radius 3 is 1.47 bits per heavy atom. The molecule has 0 aliphatic rings. The minimum absolute atomic E-state index is 0.0834. The molecule has 2 rings (SSSR count). The highest BCUT2D eigenvalue weighted by atomic mass is 35.5. The van der Waals surface area contributed by atoms with E-state index in [0.29, 0.717) is 0 Å². The minimum Gasteiger partial charge on any atom is -0.366 e. The molecular weight excluding hydrogens is 279 g/mol. The fourth-order valence-electron chi connectivity index (χ4n) is 2.06. The van der Waals surface area contributed by atoms with E-state index in [1.165, 1.54) is 0 Å². The topological polar surface area (TPSA) is 9.23 Å².